The minimum Gasteiger partial charge on any atom is -0.489 e. The van der Waals surface area contributed by atoms with E-state index in [2.05, 4.69) is 29.6 Å². The number of unbranched alkanes of at least 4 members (excludes halogenated alkanes) is 1. The van der Waals surface area contributed by atoms with Gasteiger partial charge >= 0.3 is 0 Å². The van der Waals surface area contributed by atoms with E-state index in [-0.39, 0.29) is 11.8 Å². The van der Waals surface area contributed by atoms with Crippen LogP contribution in [0.5, 0.6) is 5.75 Å². The minimum absolute atomic E-state index is 0.114. The van der Waals surface area contributed by atoms with E-state index in [1.54, 1.807) is 0 Å². The SMILES string of the molecule is C[C@@H](NCCCCc1ccccc1)C(=O)c1ccc(OCc2ccccc2)cc1. The van der Waals surface area contributed by atoms with Gasteiger partial charge in [0, 0.05) is 5.56 Å². The predicted octanol–water partition coefficient (Wildman–Crippen LogP) is 5.45. The Morgan fingerprint density at radius 2 is 1.45 bits per heavy atom. The van der Waals surface area contributed by atoms with Crippen LogP contribution in [0.2, 0.25) is 0 Å². The summed E-state index contributed by atoms with van der Waals surface area (Å²) in [6.45, 7) is 3.30. The van der Waals surface area contributed by atoms with Gasteiger partial charge in [0.1, 0.15) is 12.4 Å². The average molecular weight is 388 g/mol. The smallest absolute Gasteiger partial charge is 0.179 e. The lowest BCUT2D eigenvalue weighted by molar-refractivity contribution is 0.0951. The Hall–Kier alpha value is -2.91. The number of hydrogen-bond donors (Lipinski definition) is 1. The lowest BCUT2D eigenvalue weighted by Gasteiger charge is -2.13. The van der Waals surface area contributed by atoms with Crippen LogP contribution in [0.15, 0.2) is 84.9 Å². The molecule has 0 aliphatic heterocycles. The van der Waals surface area contributed by atoms with Gasteiger partial charge in [-0.25, -0.2) is 0 Å². The first-order chi connectivity index (χ1) is 14.2. The van der Waals surface area contributed by atoms with Crippen molar-refractivity contribution in [2.75, 3.05) is 6.54 Å². The fourth-order valence-electron chi connectivity index (χ4n) is 3.22. The third-order valence-electron chi connectivity index (χ3n) is 4.97. The number of aryl methyl sites for hydroxylation is 1. The molecule has 29 heavy (non-hydrogen) atoms. The second-order valence-corrected chi connectivity index (χ2v) is 7.28. The Bertz CT molecular complexity index is 860. The van der Waals surface area contributed by atoms with E-state index in [0.29, 0.717) is 12.2 Å². The van der Waals surface area contributed by atoms with Gasteiger partial charge in [0.05, 0.1) is 6.04 Å². The number of hydrogen-bond acceptors (Lipinski definition) is 3. The molecule has 0 unspecified atom stereocenters. The highest BCUT2D eigenvalue weighted by Gasteiger charge is 2.14. The third kappa shape index (κ3) is 6.88. The van der Waals surface area contributed by atoms with Crippen molar-refractivity contribution in [1.82, 2.24) is 5.32 Å². The number of benzene rings is 3. The zero-order valence-corrected chi connectivity index (χ0v) is 17.0. The van der Waals surface area contributed by atoms with Crippen LogP contribution < -0.4 is 10.1 Å². The van der Waals surface area contributed by atoms with Crippen molar-refractivity contribution >= 4 is 5.78 Å². The largest absolute Gasteiger partial charge is 0.489 e. The molecule has 3 aromatic rings. The molecule has 3 rings (SSSR count). The summed E-state index contributed by atoms with van der Waals surface area (Å²) in [4.78, 5) is 12.6. The topological polar surface area (TPSA) is 38.3 Å². The number of carbonyl (C=O) groups is 1. The maximum Gasteiger partial charge on any atom is 0.179 e. The predicted molar refractivity (Wildman–Crippen MR) is 118 cm³/mol. The maximum atomic E-state index is 12.6. The molecular formula is C26H29NO2. The molecule has 0 fully saturated rings. The Balaban J connectivity index is 1.38. The van der Waals surface area contributed by atoms with Crippen molar-refractivity contribution in [1.29, 1.82) is 0 Å². The number of Topliss-reactive ketones (excluding diaryl/α,β-unsaturated/α-hetero) is 1. The molecule has 3 aromatic carbocycles. The van der Waals surface area contributed by atoms with E-state index in [9.17, 15) is 4.79 Å². The molecule has 0 aromatic heterocycles. The number of ether oxygens (including phenoxy) is 1. The van der Waals surface area contributed by atoms with Crippen molar-refractivity contribution in [3.05, 3.63) is 102 Å². The zero-order chi connectivity index (χ0) is 20.3. The van der Waals surface area contributed by atoms with Crippen LogP contribution in [0.1, 0.15) is 41.3 Å². The molecule has 0 spiro atoms. The second-order valence-electron chi connectivity index (χ2n) is 7.28. The van der Waals surface area contributed by atoms with E-state index in [4.69, 9.17) is 4.74 Å². The molecule has 0 heterocycles. The van der Waals surface area contributed by atoms with Gasteiger partial charge in [-0.05, 0) is 68.1 Å². The first kappa shape index (κ1) is 20.8. The van der Waals surface area contributed by atoms with Crippen LogP contribution in [-0.4, -0.2) is 18.4 Å². The van der Waals surface area contributed by atoms with Crippen LogP contribution >= 0.6 is 0 Å². The van der Waals surface area contributed by atoms with Crippen LogP contribution in [0.25, 0.3) is 0 Å². The molecule has 0 saturated carbocycles. The van der Waals surface area contributed by atoms with Crippen LogP contribution in [0.4, 0.5) is 0 Å². The van der Waals surface area contributed by atoms with Crippen molar-refractivity contribution in [2.45, 2.75) is 38.8 Å². The summed E-state index contributed by atoms with van der Waals surface area (Å²) < 4.78 is 5.79. The van der Waals surface area contributed by atoms with Crippen LogP contribution in [0.3, 0.4) is 0 Å². The molecule has 0 saturated heterocycles. The van der Waals surface area contributed by atoms with E-state index in [0.717, 1.165) is 37.1 Å². The van der Waals surface area contributed by atoms with Gasteiger partial charge in [-0.15, -0.1) is 0 Å². The fourth-order valence-corrected chi connectivity index (χ4v) is 3.22. The summed E-state index contributed by atoms with van der Waals surface area (Å²) >= 11 is 0. The molecule has 0 aliphatic rings. The molecule has 3 heteroatoms. The fraction of sp³-hybridized carbons (Fsp3) is 0.269. The molecule has 0 bridgehead atoms. The van der Waals surface area contributed by atoms with Gasteiger partial charge in [-0.3, -0.25) is 4.79 Å². The monoisotopic (exact) mass is 387 g/mol. The Morgan fingerprint density at radius 3 is 2.10 bits per heavy atom. The molecule has 0 aliphatic carbocycles. The van der Waals surface area contributed by atoms with Crippen molar-refractivity contribution in [3.8, 4) is 5.75 Å². The first-order valence-electron chi connectivity index (χ1n) is 10.3. The number of rotatable bonds is 11. The van der Waals surface area contributed by atoms with Gasteiger partial charge in [-0.1, -0.05) is 60.7 Å². The van der Waals surface area contributed by atoms with E-state index < -0.39 is 0 Å². The number of carbonyl (C=O) groups excluding carboxylic acids is 1. The van der Waals surface area contributed by atoms with Gasteiger partial charge in [0.25, 0.3) is 0 Å². The second kappa shape index (κ2) is 11.2. The van der Waals surface area contributed by atoms with Gasteiger partial charge in [0.2, 0.25) is 0 Å². The van der Waals surface area contributed by atoms with Crippen LogP contribution in [0, 0.1) is 0 Å². The first-order valence-corrected chi connectivity index (χ1v) is 10.3. The Morgan fingerprint density at radius 1 is 0.828 bits per heavy atom. The number of ketones is 1. The minimum atomic E-state index is -0.192. The number of nitrogens with one attached hydrogen (secondary N) is 1. The molecule has 3 nitrogen and oxygen atoms in total. The Kier molecular flexibility index (Phi) is 8.02. The highest BCUT2D eigenvalue weighted by atomic mass is 16.5. The van der Waals surface area contributed by atoms with Crippen molar-refractivity contribution in [2.24, 2.45) is 0 Å². The molecule has 0 amide bonds. The quantitative estimate of drug-likeness (QED) is 0.351. The lowest BCUT2D eigenvalue weighted by Crippen LogP contribution is -2.34. The molecule has 0 radical (unpaired) electrons. The van der Waals surface area contributed by atoms with Gasteiger partial charge in [-0.2, -0.15) is 0 Å². The molecule has 1 atom stereocenters. The maximum absolute atomic E-state index is 12.6. The third-order valence-corrected chi connectivity index (χ3v) is 4.97. The molecular weight excluding hydrogens is 358 g/mol. The Labute approximate surface area is 173 Å². The van der Waals surface area contributed by atoms with Gasteiger partial charge < -0.3 is 10.1 Å². The highest BCUT2D eigenvalue weighted by Crippen LogP contribution is 2.15. The zero-order valence-electron chi connectivity index (χ0n) is 17.0. The summed E-state index contributed by atoms with van der Waals surface area (Å²) in [7, 11) is 0. The summed E-state index contributed by atoms with van der Waals surface area (Å²) in [6.07, 6.45) is 3.25. The standard InChI is InChI=1S/C26H29NO2/c1-21(27-19-9-8-12-22-10-4-2-5-11-22)26(28)24-15-17-25(18-16-24)29-20-23-13-6-3-7-14-23/h2-7,10-11,13-18,21,27H,8-9,12,19-20H2,1H3/t21-/m1/s1. The average Bonchev–Trinajstić information content (AvgIpc) is 2.78. The normalized spacial score (nSPS) is 11.8. The van der Waals surface area contributed by atoms with Crippen molar-refractivity contribution < 1.29 is 9.53 Å². The molecule has 1 N–H and O–H groups in total. The van der Waals surface area contributed by atoms with Crippen molar-refractivity contribution in [3.63, 3.8) is 0 Å². The van der Waals surface area contributed by atoms with Gasteiger partial charge in [0.15, 0.2) is 5.78 Å². The summed E-state index contributed by atoms with van der Waals surface area (Å²) in [6, 6.07) is 27.8. The highest BCUT2D eigenvalue weighted by molar-refractivity contribution is 5.99. The summed E-state index contributed by atoms with van der Waals surface area (Å²) in [5, 5.41) is 3.35. The van der Waals surface area contributed by atoms with Crippen LogP contribution in [-0.2, 0) is 13.0 Å². The van der Waals surface area contributed by atoms with E-state index in [1.165, 1.54) is 5.56 Å². The molecule has 150 valence electrons. The van der Waals surface area contributed by atoms with E-state index >= 15 is 0 Å². The summed E-state index contributed by atoms with van der Waals surface area (Å²) in [5.41, 5.74) is 3.20. The lowest BCUT2D eigenvalue weighted by atomic mass is 10.0. The summed E-state index contributed by atoms with van der Waals surface area (Å²) in [5.74, 6) is 0.884. The van der Waals surface area contributed by atoms with E-state index in [1.807, 2.05) is 67.6 Å².